The van der Waals surface area contributed by atoms with Gasteiger partial charge in [0.05, 0.1) is 5.69 Å². The maximum Gasteiger partial charge on any atom is 0.347 e. The Morgan fingerprint density at radius 1 is 1.16 bits per heavy atom. The van der Waals surface area contributed by atoms with Crippen LogP contribution in [0.3, 0.4) is 0 Å². The third-order valence-corrected chi connectivity index (χ3v) is 4.71. The maximum atomic E-state index is 12.3. The molecule has 0 aliphatic carbocycles. The zero-order chi connectivity index (χ0) is 17.1. The molecule has 4 rings (SSSR count). The van der Waals surface area contributed by atoms with Crippen molar-refractivity contribution < 1.29 is 0 Å². The number of rotatable bonds is 4. The van der Waals surface area contributed by atoms with Crippen molar-refractivity contribution in [3.8, 4) is 5.69 Å². The second-order valence-electron chi connectivity index (χ2n) is 6.49. The standard InChI is InChI=1S/C19H21N5O/c25-19-22-21-18(24(19)17-8-2-1-3-9-17)16-7-5-11-23(14-16)13-15-6-4-10-20-12-15/h1-4,6,8-10,12,16H,5,7,11,13-14H2,(H,22,25)/t16-/m0/s1. The van der Waals surface area contributed by atoms with Gasteiger partial charge >= 0.3 is 5.69 Å². The first-order valence-corrected chi connectivity index (χ1v) is 8.65. The Labute approximate surface area is 146 Å². The fourth-order valence-electron chi connectivity index (χ4n) is 3.57. The number of H-pyrrole nitrogens is 1. The topological polar surface area (TPSA) is 66.8 Å². The number of nitrogens with one attached hydrogen (secondary N) is 1. The van der Waals surface area contributed by atoms with Crippen molar-refractivity contribution in [2.45, 2.75) is 25.3 Å². The largest absolute Gasteiger partial charge is 0.347 e. The predicted octanol–water partition coefficient (Wildman–Crippen LogP) is 2.34. The Bertz CT molecular complexity index is 872. The van der Waals surface area contributed by atoms with Gasteiger partial charge < -0.3 is 0 Å². The summed E-state index contributed by atoms with van der Waals surface area (Å²) in [5.74, 6) is 1.07. The molecule has 128 valence electrons. The second-order valence-corrected chi connectivity index (χ2v) is 6.49. The van der Waals surface area contributed by atoms with Gasteiger partial charge in [0, 0.05) is 31.4 Å². The van der Waals surface area contributed by atoms with E-state index in [1.165, 1.54) is 5.56 Å². The van der Waals surface area contributed by atoms with E-state index in [1.807, 2.05) is 42.6 Å². The van der Waals surface area contributed by atoms with Crippen LogP contribution in [0.4, 0.5) is 0 Å². The highest BCUT2D eigenvalue weighted by atomic mass is 16.1. The van der Waals surface area contributed by atoms with E-state index in [4.69, 9.17) is 0 Å². The molecule has 0 saturated carbocycles. The minimum absolute atomic E-state index is 0.175. The summed E-state index contributed by atoms with van der Waals surface area (Å²) < 4.78 is 1.71. The van der Waals surface area contributed by atoms with Crippen LogP contribution in [-0.4, -0.2) is 37.7 Å². The highest BCUT2D eigenvalue weighted by Crippen LogP contribution is 2.27. The van der Waals surface area contributed by atoms with Crippen LogP contribution in [0, 0.1) is 0 Å². The van der Waals surface area contributed by atoms with Crippen LogP contribution < -0.4 is 5.69 Å². The molecule has 1 N–H and O–H groups in total. The van der Waals surface area contributed by atoms with Crippen LogP contribution in [0.15, 0.2) is 59.7 Å². The third-order valence-electron chi connectivity index (χ3n) is 4.71. The molecule has 0 amide bonds. The van der Waals surface area contributed by atoms with E-state index in [-0.39, 0.29) is 11.6 Å². The number of likely N-dealkylation sites (tertiary alicyclic amines) is 1. The minimum Gasteiger partial charge on any atom is -0.298 e. The number of aromatic nitrogens is 4. The molecule has 3 heterocycles. The van der Waals surface area contributed by atoms with E-state index in [1.54, 1.807) is 10.8 Å². The van der Waals surface area contributed by atoms with Crippen LogP contribution in [0.5, 0.6) is 0 Å². The zero-order valence-electron chi connectivity index (χ0n) is 14.0. The summed E-state index contributed by atoms with van der Waals surface area (Å²) in [5.41, 5.74) is 1.90. The summed E-state index contributed by atoms with van der Waals surface area (Å²) in [6.07, 6.45) is 5.85. The number of nitrogens with zero attached hydrogens (tertiary/aromatic N) is 4. The summed E-state index contributed by atoms with van der Waals surface area (Å²) in [5, 5.41) is 6.97. The summed E-state index contributed by atoms with van der Waals surface area (Å²) in [4.78, 5) is 18.9. The van der Waals surface area contributed by atoms with Crippen molar-refractivity contribution in [3.05, 3.63) is 76.7 Å². The first-order chi connectivity index (χ1) is 12.3. The molecule has 0 bridgehead atoms. The van der Waals surface area contributed by atoms with Crippen LogP contribution in [0.25, 0.3) is 5.69 Å². The number of aromatic amines is 1. The first kappa shape index (κ1) is 15.8. The van der Waals surface area contributed by atoms with Crippen LogP contribution in [-0.2, 0) is 6.54 Å². The Morgan fingerprint density at radius 2 is 2.04 bits per heavy atom. The second kappa shape index (κ2) is 7.03. The highest BCUT2D eigenvalue weighted by Gasteiger charge is 2.26. The van der Waals surface area contributed by atoms with E-state index >= 15 is 0 Å². The Balaban J connectivity index is 1.57. The summed E-state index contributed by atoms with van der Waals surface area (Å²) in [6.45, 7) is 2.84. The van der Waals surface area contributed by atoms with Crippen molar-refractivity contribution in [3.63, 3.8) is 0 Å². The lowest BCUT2D eigenvalue weighted by atomic mass is 9.96. The Morgan fingerprint density at radius 3 is 2.84 bits per heavy atom. The Kier molecular flexibility index (Phi) is 4.43. The third kappa shape index (κ3) is 3.39. The fourth-order valence-corrected chi connectivity index (χ4v) is 3.57. The maximum absolute atomic E-state index is 12.3. The van der Waals surface area contributed by atoms with Gasteiger partial charge in [0.2, 0.25) is 0 Å². The van der Waals surface area contributed by atoms with E-state index < -0.39 is 0 Å². The molecule has 0 radical (unpaired) electrons. The number of piperidine rings is 1. The number of pyridine rings is 1. The van der Waals surface area contributed by atoms with Crippen molar-refractivity contribution in [1.82, 2.24) is 24.6 Å². The molecule has 0 spiro atoms. The average Bonchev–Trinajstić information content (AvgIpc) is 3.05. The predicted molar refractivity (Wildman–Crippen MR) is 95.7 cm³/mol. The average molecular weight is 335 g/mol. The van der Waals surface area contributed by atoms with Crippen LogP contribution in [0.2, 0.25) is 0 Å². The Hall–Kier alpha value is -2.73. The molecule has 25 heavy (non-hydrogen) atoms. The molecular formula is C19H21N5O. The van der Waals surface area contributed by atoms with Crippen molar-refractivity contribution in [2.75, 3.05) is 13.1 Å². The molecule has 1 aliphatic heterocycles. The van der Waals surface area contributed by atoms with E-state index in [2.05, 4.69) is 26.1 Å². The van der Waals surface area contributed by atoms with E-state index in [0.717, 1.165) is 44.0 Å². The quantitative estimate of drug-likeness (QED) is 0.795. The van der Waals surface area contributed by atoms with Gasteiger partial charge in [-0.05, 0) is 43.1 Å². The number of para-hydroxylation sites is 1. The van der Waals surface area contributed by atoms with Gasteiger partial charge in [0.25, 0.3) is 0 Å². The van der Waals surface area contributed by atoms with Crippen molar-refractivity contribution in [2.24, 2.45) is 0 Å². The molecule has 6 nitrogen and oxygen atoms in total. The number of hydrogen-bond donors (Lipinski definition) is 1. The SMILES string of the molecule is O=c1[nH]nc([C@H]2CCCN(Cc3cccnc3)C2)n1-c1ccccc1. The summed E-state index contributed by atoms with van der Waals surface area (Å²) >= 11 is 0. The van der Waals surface area contributed by atoms with Gasteiger partial charge in [-0.2, -0.15) is 5.10 Å². The molecule has 0 unspecified atom stereocenters. The minimum atomic E-state index is -0.175. The van der Waals surface area contributed by atoms with Gasteiger partial charge in [0.15, 0.2) is 0 Å². The molecular weight excluding hydrogens is 314 g/mol. The van der Waals surface area contributed by atoms with Gasteiger partial charge in [-0.15, -0.1) is 0 Å². The highest BCUT2D eigenvalue weighted by molar-refractivity contribution is 5.32. The lowest BCUT2D eigenvalue weighted by Crippen LogP contribution is -2.35. The molecule has 2 aromatic heterocycles. The normalized spacial score (nSPS) is 18.3. The molecule has 1 saturated heterocycles. The number of hydrogen-bond acceptors (Lipinski definition) is 4. The van der Waals surface area contributed by atoms with Gasteiger partial charge in [-0.1, -0.05) is 24.3 Å². The fraction of sp³-hybridized carbons (Fsp3) is 0.316. The van der Waals surface area contributed by atoms with E-state index in [9.17, 15) is 4.79 Å². The zero-order valence-corrected chi connectivity index (χ0v) is 14.0. The van der Waals surface area contributed by atoms with Crippen LogP contribution >= 0.6 is 0 Å². The van der Waals surface area contributed by atoms with Crippen molar-refractivity contribution >= 4 is 0 Å². The molecule has 1 aliphatic rings. The van der Waals surface area contributed by atoms with Gasteiger partial charge in [0.1, 0.15) is 5.82 Å². The van der Waals surface area contributed by atoms with Gasteiger partial charge in [-0.25, -0.2) is 14.5 Å². The molecule has 1 aromatic carbocycles. The molecule has 1 atom stereocenters. The van der Waals surface area contributed by atoms with Gasteiger partial charge in [-0.3, -0.25) is 9.88 Å². The lowest BCUT2D eigenvalue weighted by Gasteiger charge is -2.32. The van der Waals surface area contributed by atoms with E-state index in [0.29, 0.717) is 0 Å². The first-order valence-electron chi connectivity index (χ1n) is 8.65. The van der Waals surface area contributed by atoms with Crippen LogP contribution in [0.1, 0.15) is 30.1 Å². The molecule has 6 heteroatoms. The summed E-state index contributed by atoms with van der Waals surface area (Å²) in [6, 6.07) is 13.8. The molecule has 1 fully saturated rings. The lowest BCUT2D eigenvalue weighted by molar-refractivity contribution is 0.195. The smallest absolute Gasteiger partial charge is 0.298 e. The summed E-state index contributed by atoms with van der Waals surface area (Å²) in [7, 11) is 0. The monoisotopic (exact) mass is 335 g/mol. The molecule has 3 aromatic rings. The van der Waals surface area contributed by atoms with Crippen molar-refractivity contribution in [1.29, 1.82) is 0 Å². The number of benzene rings is 1.